The molecule has 0 aliphatic carbocycles. The Morgan fingerprint density at radius 2 is 1.64 bits per heavy atom. The standard InChI is InChI=1S/C19H24N2O4/c1-19(2,13-9-10-16(24-4)17(11-13)25-5)21-18(22)20-14-7-6-8-15(12-14)23-3/h6-12H,1-5H3,(H2,20,21,22). The maximum Gasteiger partial charge on any atom is 0.319 e. The second kappa shape index (κ2) is 7.79. The number of amides is 2. The van der Waals surface area contributed by atoms with Crippen LogP contribution < -0.4 is 24.8 Å². The van der Waals surface area contributed by atoms with E-state index in [0.717, 1.165) is 5.56 Å². The molecule has 0 unspecified atom stereocenters. The lowest BCUT2D eigenvalue weighted by Crippen LogP contribution is -2.43. The molecule has 0 aromatic heterocycles. The lowest BCUT2D eigenvalue weighted by atomic mass is 9.94. The van der Waals surface area contributed by atoms with Gasteiger partial charge in [-0.25, -0.2) is 4.79 Å². The molecule has 0 radical (unpaired) electrons. The molecule has 2 aromatic rings. The fourth-order valence-electron chi connectivity index (χ4n) is 2.44. The summed E-state index contributed by atoms with van der Waals surface area (Å²) in [7, 11) is 4.75. The summed E-state index contributed by atoms with van der Waals surface area (Å²) in [6.45, 7) is 3.83. The molecule has 0 aliphatic heterocycles. The van der Waals surface area contributed by atoms with Crippen molar-refractivity contribution in [1.29, 1.82) is 0 Å². The number of benzene rings is 2. The normalized spacial score (nSPS) is 10.8. The zero-order valence-electron chi connectivity index (χ0n) is 15.2. The van der Waals surface area contributed by atoms with E-state index in [9.17, 15) is 4.79 Å². The highest BCUT2D eigenvalue weighted by Crippen LogP contribution is 2.32. The highest BCUT2D eigenvalue weighted by atomic mass is 16.5. The van der Waals surface area contributed by atoms with E-state index in [1.54, 1.807) is 33.5 Å². The Kier molecular flexibility index (Phi) is 5.75. The predicted octanol–water partition coefficient (Wildman–Crippen LogP) is 3.77. The van der Waals surface area contributed by atoms with Gasteiger partial charge in [0.15, 0.2) is 11.5 Å². The summed E-state index contributed by atoms with van der Waals surface area (Å²) in [6.07, 6.45) is 0. The van der Waals surface area contributed by atoms with Crippen molar-refractivity contribution in [3.63, 3.8) is 0 Å². The Balaban J connectivity index is 2.12. The van der Waals surface area contributed by atoms with Gasteiger partial charge in [0.1, 0.15) is 5.75 Å². The highest BCUT2D eigenvalue weighted by molar-refractivity contribution is 5.90. The minimum absolute atomic E-state index is 0.312. The van der Waals surface area contributed by atoms with Gasteiger partial charge >= 0.3 is 6.03 Å². The van der Waals surface area contributed by atoms with Gasteiger partial charge in [0.2, 0.25) is 0 Å². The van der Waals surface area contributed by atoms with Crippen molar-refractivity contribution in [1.82, 2.24) is 5.32 Å². The van der Waals surface area contributed by atoms with Crippen LogP contribution >= 0.6 is 0 Å². The van der Waals surface area contributed by atoms with E-state index >= 15 is 0 Å². The van der Waals surface area contributed by atoms with Crippen LogP contribution in [0.3, 0.4) is 0 Å². The van der Waals surface area contributed by atoms with Crippen molar-refractivity contribution in [2.75, 3.05) is 26.6 Å². The molecule has 25 heavy (non-hydrogen) atoms. The van der Waals surface area contributed by atoms with Gasteiger partial charge in [-0.2, -0.15) is 0 Å². The number of hydrogen-bond donors (Lipinski definition) is 2. The molecule has 0 fully saturated rings. The van der Waals surface area contributed by atoms with Crippen LogP contribution in [0.25, 0.3) is 0 Å². The van der Waals surface area contributed by atoms with Gasteiger partial charge in [0.05, 0.1) is 26.9 Å². The number of rotatable bonds is 6. The van der Waals surface area contributed by atoms with Gasteiger partial charge in [-0.05, 0) is 43.7 Å². The molecule has 0 heterocycles. The molecule has 0 saturated carbocycles. The summed E-state index contributed by atoms with van der Waals surface area (Å²) >= 11 is 0. The molecule has 0 atom stereocenters. The third kappa shape index (κ3) is 4.56. The number of hydrogen-bond acceptors (Lipinski definition) is 4. The van der Waals surface area contributed by atoms with Gasteiger partial charge in [-0.1, -0.05) is 12.1 Å². The van der Waals surface area contributed by atoms with Gasteiger partial charge < -0.3 is 24.8 Å². The van der Waals surface area contributed by atoms with Gasteiger partial charge in [0, 0.05) is 11.8 Å². The maximum absolute atomic E-state index is 12.4. The lowest BCUT2D eigenvalue weighted by Gasteiger charge is -2.27. The summed E-state index contributed by atoms with van der Waals surface area (Å²) in [4.78, 5) is 12.4. The largest absolute Gasteiger partial charge is 0.497 e. The van der Waals surface area contributed by atoms with E-state index in [2.05, 4.69) is 10.6 Å². The Bertz CT molecular complexity index is 744. The molecule has 0 bridgehead atoms. The first kappa shape index (κ1) is 18.4. The smallest absolute Gasteiger partial charge is 0.319 e. The quantitative estimate of drug-likeness (QED) is 0.837. The molecule has 2 N–H and O–H groups in total. The van der Waals surface area contributed by atoms with Crippen LogP contribution in [0.15, 0.2) is 42.5 Å². The molecule has 0 saturated heterocycles. The SMILES string of the molecule is COc1cccc(NC(=O)NC(C)(C)c2ccc(OC)c(OC)c2)c1. The number of methoxy groups -OCH3 is 3. The van der Waals surface area contributed by atoms with Crippen molar-refractivity contribution < 1.29 is 19.0 Å². The molecule has 2 amide bonds. The zero-order chi connectivity index (χ0) is 18.4. The van der Waals surface area contributed by atoms with E-state index in [4.69, 9.17) is 14.2 Å². The number of ether oxygens (including phenoxy) is 3. The Morgan fingerprint density at radius 1 is 0.920 bits per heavy atom. The van der Waals surface area contributed by atoms with Crippen LogP contribution in [0, 0.1) is 0 Å². The number of nitrogens with one attached hydrogen (secondary N) is 2. The Morgan fingerprint density at radius 3 is 2.28 bits per heavy atom. The Labute approximate surface area is 148 Å². The van der Waals surface area contributed by atoms with Crippen molar-refractivity contribution >= 4 is 11.7 Å². The molecule has 0 spiro atoms. The summed E-state index contributed by atoms with van der Waals surface area (Å²) in [6, 6.07) is 12.4. The molecule has 6 heteroatoms. The molecule has 2 rings (SSSR count). The van der Waals surface area contributed by atoms with E-state index in [-0.39, 0.29) is 6.03 Å². The molecule has 134 valence electrons. The van der Waals surface area contributed by atoms with Gasteiger partial charge in [-0.3, -0.25) is 0 Å². The fraction of sp³-hybridized carbons (Fsp3) is 0.316. The number of carbonyl (C=O) groups is 1. The third-order valence-corrected chi connectivity index (χ3v) is 3.86. The number of anilines is 1. The highest BCUT2D eigenvalue weighted by Gasteiger charge is 2.24. The maximum atomic E-state index is 12.4. The summed E-state index contributed by atoms with van der Waals surface area (Å²) in [5.41, 5.74) is 0.939. The topological polar surface area (TPSA) is 68.8 Å². The summed E-state index contributed by atoms with van der Waals surface area (Å²) in [5, 5.41) is 5.77. The minimum atomic E-state index is -0.609. The van der Waals surface area contributed by atoms with E-state index in [1.165, 1.54) is 0 Å². The third-order valence-electron chi connectivity index (χ3n) is 3.86. The lowest BCUT2D eigenvalue weighted by molar-refractivity contribution is 0.241. The summed E-state index contributed by atoms with van der Waals surface area (Å²) in [5.74, 6) is 1.93. The molecule has 2 aromatic carbocycles. The predicted molar refractivity (Wildman–Crippen MR) is 97.7 cm³/mol. The molecular weight excluding hydrogens is 320 g/mol. The second-order valence-corrected chi connectivity index (χ2v) is 6.01. The first-order chi connectivity index (χ1) is 11.9. The van der Waals surface area contributed by atoms with E-state index < -0.39 is 5.54 Å². The van der Waals surface area contributed by atoms with Gasteiger partial charge in [0.25, 0.3) is 0 Å². The molecular formula is C19H24N2O4. The van der Waals surface area contributed by atoms with Gasteiger partial charge in [-0.15, -0.1) is 0 Å². The van der Waals surface area contributed by atoms with Crippen LogP contribution in [0.2, 0.25) is 0 Å². The summed E-state index contributed by atoms with van der Waals surface area (Å²) < 4.78 is 15.7. The second-order valence-electron chi connectivity index (χ2n) is 6.01. The van der Waals surface area contributed by atoms with Crippen LogP contribution in [0.5, 0.6) is 17.2 Å². The van der Waals surface area contributed by atoms with Crippen molar-refractivity contribution in [3.05, 3.63) is 48.0 Å². The van der Waals surface area contributed by atoms with Crippen molar-refractivity contribution in [3.8, 4) is 17.2 Å². The average Bonchev–Trinajstić information content (AvgIpc) is 2.60. The van der Waals surface area contributed by atoms with Crippen LogP contribution in [-0.4, -0.2) is 27.4 Å². The number of urea groups is 1. The van der Waals surface area contributed by atoms with E-state index in [0.29, 0.717) is 22.9 Å². The first-order valence-corrected chi connectivity index (χ1v) is 7.85. The first-order valence-electron chi connectivity index (χ1n) is 7.85. The van der Waals surface area contributed by atoms with Crippen LogP contribution in [-0.2, 0) is 5.54 Å². The minimum Gasteiger partial charge on any atom is -0.497 e. The molecule has 0 aliphatic rings. The van der Waals surface area contributed by atoms with Crippen LogP contribution in [0.1, 0.15) is 19.4 Å². The van der Waals surface area contributed by atoms with E-state index in [1.807, 2.05) is 44.2 Å². The van der Waals surface area contributed by atoms with Crippen molar-refractivity contribution in [2.45, 2.75) is 19.4 Å². The zero-order valence-corrected chi connectivity index (χ0v) is 15.2. The average molecular weight is 344 g/mol. The molecule has 6 nitrogen and oxygen atoms in total. The monoisotopic (exact) mass is 344 g/mol. The number of carbonyl (C=O) groups excluding carboxylic acids is 1. The fourth-order valence-corrected chi connectivity index (χ4v) is 2.44. The van der Waals surface area contributed by atoms with Crippen molar-refractivity contribution in [2.24, 2.45) is 0 Å². The van der Waals surface area contributed by atoms with Crippen LogP contribution in [0.4, 0.5) is 10.5 Å². The Hall–Kier alpha value is -2.89.